The minimum Gasteiger partial charge on any atom is -0.348 e. The lowest BCUT2D eigenvalue weighted by Gasteiger charge is -2.18. The SMILES string of the molecule is Cc1noc(-c2c(F)cccc2-c2ccc([C@@H](C)NC(=O)C3(N)CC3)c(F)c2)n1.Cl. The van der Waals surface area contributed by atoms with Crippen LogP contribution in [0.4, 0.5) is 8.78 Å². The van der Waals surface area contributed by atoms with E-state index < -0.39 is 23.2 Å². The van der Waals surface area contributed by atoms with Crippen LogP contribution in [0.1, 0.15) is 37.2 Å². The Kier molecular flexibility index (Phi) is 5.92. The van der Waals surface area contributed by atoms with E-state index in [4.69, 9.17) is 10.3 Å². The van der Waals surface area contributed by atoms with E-state index in [-0.39, 0.29) is 29.8 Å². The molecule has 0 saturated heterocycles. The predicted molar refractivity (Wildman–Crippen MR) is 110 cm³/mol. The number of aryl methyl sites for hydroxylation is 1. The summed E-state index contributed by atoms with van der Waals surface area (Å²) in [5.41, 5.74) is 6.36. The lowest BCUT2D eigenvalue weighted by molar-refractivity contribution is -0.123. The summed E-state index contributed by atoms with van der Waals surface area (Å²) in [4.78, 5) is 16.2. The van der Waals surface area contributed by atoms with Crippen molar-refractivity contribution >= 4 is 18.3 Å². The molecule has 1 fully saturated rings. The number of hydrogen-bond donors (Lipinski definition) is 2. The molecule has 30 heavy (non-hydrogen) atoms. The van der Waals surface area contributed by atoms with Crippen LogP contribution in [-0.2, 0) is 4.79 Å². The maximum atomic E-state index is 14.9. The number of nitrogens with one attached hydrogen (secondary N) is 1. The Morgan fingerprint density at radius 2 is 1.97 bits per heavy atom. The Morgan fingerprint density at radius 3 is 2.57 bits per heavy atom. The van der Waals surface area contributed by atoms with Crippen LogP contribution in [0.2, 0.25) is 0 Å². The van der Waals surface area contributed by atoms with Crippen LogP contribution in [0.3, 0.4) is 0 Å². The number of benzene rings is 2. The lowest BCUT2D eigenvalue weighted by atomic mass is 9.96. The Labute approximate surface area is 178 Å². The maximum Gasteiger partial charge on any atom is 0.261 e. The first-order valence-corrected chi connectivity index (χ1v) is 9.27. The summed E-state index contributed by atoms with van der Waals surface area (Å²) < 4.78 is 34.5. The van der Waals surface area contributed by atoms with Gasteiger partial charge in [0.25, 0.3) is 5.89 Å². The van der Waals surface area contributed by atoms with Gasteiger partial charge in [0.05, 0.1) is 17.1 Å². The molecular formula is C21H21ClF2N4O2. The quantitative estimate of drug-likeness (QED) is 0.631. The minimum atomic E-state index is -0.830. The Bertz CT molecular complexity index is 1100. The topological polar surface area (TPSA) is 94.0 Å². The van der Waals surface area contributed by atoms with Gasteiger partial charge in [-0.1, -0.05) is 29.4 Å². The molecule has 1 aliphatic carbocycles. The Balaban J connectivity index is 0.00000256. The van der Waals surface area contributed by atoms with E-state index in [0.29, 0.717) is 35.4 Å². The van der Waals surface area contributed by atoms with Crippen LogP contribution in [0.5, 0.6) is 0 Å². The number of amides is 1. The highest BCUT2D eigenvalue weighted by atomic mass is 35.5. The van der Waals surface area contributed by atoms with Gasteiger partial charge in [0, 0.05) is 5.56 Å². The zero-order valence-corrected chi connectivity index (χ0v) is 17.2. The van der Waals surface area contributed by atoms with Crippen molar-refractivity contribution in [3.05, 3.63) is 59.4 Å². The van der Waals surface area contributed by atoms with Gasteiger partial charge in [-0.05, 0) is 49.9 Å². The molecule has 1 heterocycles. The van der Waals surface area contributed by atoms with Crippen molar-refractivity contribution in [3.63, 3.8) is 0 Å². The summed E-state index contributed by atoms with van der Waals surface area (Å²) >= 11 is 0. The molecule has 1 aliphatic rings. The lowest BCUT2D eigenvalue weighted by Crippen LogP contribution is -2.43. The van der Waals surface area contributed by atoms with Gasteiger partial charge in [0.2, 0.25) is 5.91 Å². The van der Waals surface area contributed by atoms with Gasteiger partial charge >= 0.3 is 0 Å². The summed E-state index contributed by atoms with van der Waals surface area (Å²) in [6.45, 7) is 3.32. The molecule has 3 aromatic rings. The molecule has 6 nitrogen and oxygen atoms in total. The normalized spacial score (nSPS) is 15.2. The highest BCUT2D eigenvalue weighted by Gasteiger charge is 2.46. The molecule has 1 saturated carbocycles. The first kappa shape index (κ1) is 21.9. The number of carbonyl (C=O) groups excluding carboxylic acids is 1. The van der Waals surface area contributed by atoms with Crippen LogP contribution in [0.25, 0.3) is 22.6 Å². The van der Waals surface area contributed by atoms with Gasteiger partial charge in [0.15, 0.2) is 5.82 Å². The van der Waals surface area contributed by atoms with Gasteiger partial charge in [-0.3, -0.25) is 4.79 Å². The minimum absolute atomic E-state index is 0. The average molecular weight is 435 g/mol. The maximum absolute atomic E-state index is 14.9. The number of carbonyl (C=O) groups is 1. The van der Waals surface area contributed by atoms with Crippen LogP contribution >= 0.6 is 12.4 Å². The Hall–Kier alpha value is -2.84. The van der Waals surface area contributed by atoms with Crippen molar-refractivity contribution in [1.29, 1.82) is 0 Å². The second-order valence-corrected chi connectivity index (χ2v) is 7.40. The highest BCUT2D eigenvalue weighted by Crippen LogP contribution is 2.36. The van der Waals surface area contributed by atoms with Crippen LogP contribution in [0, 0.1) is 18.6 Å². The first-order valence-electron chi connectivity index (χ1n) is 9.27. The summed E-state index contributed by atoms with van der Waals surface area (Å²) in [6.07, 6.45) is 1.26. The van der Waals surface area contributed by atoms with Crippen molar-refractivity contribution < 1.29 is 18.1 Å². The monoisotopic (exact) mass is 434 g/mol. The van der Waals surface area contributed by atoms with Crippen molar-refractivity contribution in [2.24, 2.45) is 5.73 Å². The van der Waals surface area contributed by atoms with Crippen LogP contribution < -0.4 is 11.1 Å². The number of rotatable bonds is 5. The van der Waals surface area contributed by atoms with Crippen molar-refractivity contribution in [1.82, 2.24) is 15.5 Å². The van der Waals surface area contributed by atoms with E-state index in [1.54, 1.807) is 32.0 Å². The second kappa shape index (κ2) is 8.12. The van der Waals surface area contributed by atoms with Crippen molar-refractivity contribution in [2.75, 3.05) is 0 Å². The number of hydrogen-bond acceptors (Lipinski definition) is 5. The smallest absolute Gasteiger partial charge is 0.261 e. The van der Waals surface area contributed by atoms with E-state index in [1.165, 1.54) is 18.2 Å². The molecule has 2 aromatic carbocycles. The number of nitrogens with zero attached hydrogens (tertiary/aromatic N) is 2. The number of aromatic nitrogens is 2. The molecule has 4 rings (SSSR count). The summed E-state index contributed by atoms with van der Waals surface area (Å²) in [6, 6.07) is 8.45. The van der Waals surface area contributed by atoms with E-state index >= 15 is 0 Å². The second-order valence-electron chi connectivity index (χ2n) is 7.40. The van der Waals surface area contributed by atoms with Crippen LogP contribution in [0.15, 0.2) is 40.9 Å². The third kappa shape index (κ3) is 4.06. The summed E-state index contributed by atoms with van der Waals surface area (Å²) in [5.74, 6) is -0.956. The first-order chi connectivity index (χ1) is 13.8. The van der Waals surface area contributed by atoms with Gasteiger partial charge in [-0.2, -0.15) is 4.98 Å². The standard InChI is InChI=1S/C21H20F2N4O2.ClH/c1-11(25-20(28)21(24)8-9-21)14-7-6-13(10-17(14)23)15-4-3-5-16(22)18(15)19-26-12(2)27-29-19;/h3-7,10-11H,8-9,24H2,1-2H3,(H,25,28);1H/t11-;/m1./s1. The molecule has 158 valence electrons. The Morgan fingerprint density at radius 1 is 1.23 bits per heavy atom. The van der Waals surface area contributed by atoms with Crippen molar-refractivity contribution in [3.8, 4) is 22.6 Å². The van der Waals surface area contributed by atoms with E-state index in [1.807, 2.05) is 0 Å². The molecule has 0 unspecified atom stereocenters. The molecule has 0 radical (unpaired) electrons. The average Bonchev–Trinajstić information content (AvgIpc) is 3.29. The molecule has 1 atom stereocenters. The van der Waals surface area contributed by atoms with E-state index in [0.717, 1.165) is 0 Å². The number of halogens is 3. The van der Waals surface area contributed by atoms with Crippen LogP contribution in [-0.4, -0.2) is 21.6 Å². The highest BCUT2D eigenvalue weighted by molar-refractivity contribution is 5.89. The summed E-state index contributed by atoms with van der Waals surface area (Å²) in [7, 11) is 0. The fourth-order valence-corrected chi connectivity index (χ4v) is 3.21. The molecule has 0 aliphatic heterocycles. The molecule has 3 N–H and O–H groups in total. The van der Waals surface area contributed by atoms with Crippen molar-refractivity contribution in [2.45, 2.75) is 38.3 Å². The number of nitrogens with two attached hydrogens (primary N) is 1. The van der Waals surface area contributed by atoms with Gasteiger partial charge in [-0.25, -0.2) is 8.78 Å². The predicted octanol–water partition coefficient (Wildman–Crippen LogP) is 4.08. The van der Waals surface area contributed by atoms with E-state index in [9.17, 15) is 13.6 Å². The third-order valence-corrected chi connectivity index (χ3v) is 5.12. The summed E-state index contributed by atoms with van der Waals surface area (Å²) in [5, 5.41) is 6.45. The van der Waals surface area contributed by atoms with Gasteiger partial charge in [-0.15, -0.1) is 12.4 Å². The fourth-order valence-electron chi connectivity index (χ4n) is 3.21. The zero-order valence-electron chi connectivity index (χ0n) is 16.4. The molecular weight excluding hydrogens is 414 g/mol. The zero-order chi connectivity index (χ0) is 20.8. The molecule has 1 aromatic heterocycles. The third-order valence-electron chi connectivity index (χ3n) is 5.12. The fraction of sp³-hybridized carbons (Fsp3) is 0.286. The van der Waals surface area contributed by atoms with Gasteiger partial charge < -0.3 is 15.6 Å². The largest absolute Gasteiger partial charge is 0.348 e. The molecule has 9 heteroatoms. The van der Waals surface area contributed by atoms with E-state index in [2.05, 4.69) is 15.5 Å². The molecule has 0 bridgehead atoms. The molecule has 1 amide bonds. The molecule has 0 spiro atoms. The van der Waals surface area contributed by atoms with Gasteiger partial charge in [0.1, 0.15) is 11.6 Å².